The number of sulfonamides is 1. The van der Waals surface area contributed by atoms with E-state index >= 15 is 0 Å². The van der Waals surface area contributed by atoms with E-state index in [-0.39, 0.29) is 28.4 Å². The van der Waals surface area contributed by atoms with E-state index in [1.165, 1.54) is 28.6 Å². The summed E-state index contributed by atoms with van der Waals surface area (Å²) < 4.78 is 33.1. The zero-order chi connectivity index (χ0) is 22.7. The molecule has 0 aromatic heterocycles. The van der Waals surface area contributed by atoms with Crippen LogP contribution < -0.4 is 5.32 Å². The summed E-state index contributed by atoms with van der Waals surface area (Å²) >= 11 is 0. The predicted octanol–water partition coefficient (Wildman–Crippen LogP) is 3.43. The minimum atomic E-state index is -3.62. The van der Waals surface area contributed by atoms with Gasteiger partial charge in [0.05, 0.1) is 10.5 Å². The molecule has 2 atom stereocenters. The highest BCUT2D eigenvalue weighted by Gasteiger charge is 2.32. The van der Waals surface area contributed by atoms with Gasteiger partial charge in [0.15, 0.2) is 0 Å². The quantitative estimate of drug-likeness (QED) is 0.645. The van der Waals surface area contributed by atoms with Gasteiger partial charge in [-0.3, -0.25) is 4.79 Å². The van der Waals surface area contributed by atoms with E-state index in [4.69, 9.17) is 4.74 Å². The largest absolute Gasteiger partial charge is 0.444 e. The summed E-state index contributed by atoms with van der Waals surface area (Å²) in [6.07, 6.45) is 3.49. The third kappa shape index (κ3) is 5.02. The van der Waals surface area contributed by atoms with Gasteiger partial charge in [-0.15, -0.1) is 0 Å². The van der Waals surface area contributed by atoms with Crippen LogP contribution in [-0.2, 0) is 19.6 Å². The average molecular weight is 457 g/mol. The van der Waals surface area contributed by atoms with Crippen LogP contribution in [0, 0.1) is 0 Å². The van der Waals surface area contributed by atoms with Crippen LogP contribution in [0.4, 0.5) is 0 Å². The molecule has 32 heavy (non-hydrogen) atoms. The lowest BCUT2D eigenvalue weighted by Gasteiger charge is -2.32. The number of piperidine rings is 1. The van der Waals surface area contributed by atoms with Crippen molar-refractivity contribution in [3.8, 4) is 0 Å². The van der Waals surface area contributed by atoms with Gasteiger partial charge in [0, 0.05) is 24.2 Å². The maximum Gasteiger partial charge on any atom is 0.339 e. The second-order valence-electron chi connectivity index (χ2n) is 8.46. The van der Waals surface area contributed by atoms with Crippen molar-refractivity contribution in [3.05, 3.63) is 65.7 Å². The van der Waals surface area contributed by atoms with Crippen LogP contribution in [0.3, 0.4) is 0 Å². The van der Waals surface area contributed by atoms with Gasteiger partial charge in [-0.2, -0.15) is 4.31 Å². The smallest absolute Gasteiger partial charge is 0.339 e. The van der Waals surface area contributed by atoms with Crippen LogP contribution in [0.2, 0.25) is 0 Å². The Hall–Kier alpha value is -2.71. The standard InChI is InChI=1S/C24H28N2O5S/c1-17-7-5-6-16-26(17)32(29,30)21-14-10-19(11-15-21)24(28)31-22(18-8-3-2-4-9-18)23(27)25-20-12-13-20/h2-4,8-11,14-15,17,20,22H,5-7,12-13,16H2,1H3,(H,25,27). The average Bonchev–Trinajstić information content (AvgIpc) is 3.62. The summed E-state index contributed by atoms with van der Waals surface area (Å²) in [5, 5.41) is 2.88. The zero-order valence-corrected chi connectivity index (χ0v) is 18.9. The Morgan fingerprint density at radius 1 is 1.00 bits per heavy atom. The molecule has 7 nitrogen and oxygen atoms in total. The third-order valence-electron chi connectivity index (χ3n) is 5.93. The Labute approximate surface area is 188 Å². The lowest BCUT2D eigenvalue weighted by atomic mass is 10.1. The third-order valence-corrected chi connectivity index (χ3v) is 7.96. The van der Waals surface area contributed by atoms with Crippen LogP contribution in [-0.4, -0.2) is 43.2 Å². The van der Waals surface area contributed by atoms with Crippen LogP contribution >= 0.6 is 0 Å². The van der Waals surface area contributed by atoms with E-state index in [9.17, 15) is 18.0 Å². The maximum absolute atomic E-state index is 13.0. The van der Waals surface area contributed by atoms with Crippen molar-refractivity contribution in [1.82, 2.24) is 9.62 Å². The van der Waals surface area contributed by atoms with Crippen LogP contribution in [0.15, 0.2) is 59.5 Å². The van der Waals surface area contributed by atoms with Crippen LogP contribution in [0.5, 0.6) is 0 Å². The molecule has 0 spiro atoms. The highest BCUT2D eigenvalue weighted by Crippen LogP contribution is 2.27. The number of ether oxygens (including phenoxy) is 1. The number of hydrogen-bond acceptors (Lipinski definition) is 5. The molecule has 1 N–H and O–H groups in total. The first-order valence-electron chi connectivity index (χ1n) is 11.0. The van der Waals surface area contributed by atoms with Gasteiger partial charge in [-0.25, -0.2) is 13.2 Å². The highest BCUT2D eigenvalue weighted by atomic mass is 32.2. The summed E-state index contributed by atoms with van der Waals surface area (Å²) in [4.78, 5) is 25.6. The van der Waals surface area contributed by atoms with Gasteiger partial charge in [0.1, 0.15) is 0 Å². The minimum absolute atomic E-state index is 0.0463. The Morgan fingerprint density at radius 2 is 1.69 bits per heavy atom. The molecule has 2 aliphatic rings. The Bertz CT molecular complexity index is 1070. The molecule has 1 saturated carbocycles. The number of benzene rings is 2. The predicted molar refractivity (Wildman–Crippen MR) is 119 cm³/mol. The first kappa shape index (κ1) is 22.5. The maximum atomic E-state index is 13.0. The molecule has 2 unspecified atom stereocenters. The second kappa shape index (κ2) is 9.42. The van der Waals surface area contributed by atoms with Gasteiger partial charge >= 0.3 is 5.97 Å². The Kier molecular flexibility index (Phi) is 6.62. The summed E-state index contributed by atoms with van der Waals surface area (Å²) in [6.45, 7) is 2.42. The van der Waals surface area contributed by atoms with E-state index in [1.807, 2.05) is 13.0 Å². The number of hydrogen-bond donors (Lipinski definition) is 1. The lowest BCUT2D eigenvalue weighted by molar-refractivity contribution is -0.130. The van der Waals surface area contributed by atoms with Crippen molar-refractivity contribution in [3.63, 3.8) is 0 Å². The molecule has 1 saturated heterocycles. The summed E-state index contributed by atoms with van der Waals surface area (Å²) in [5.41, 5.74) is 0.771. The SMILES string of the molecule is CC1CCCCN1S(=O)(=O)c1ccc(C(=O)OC(C(=O)NC2CC2)c2ccccc2)cc1. The molecular weight excluding hydrogens is 428 g/mol. The lowest BCUT2D eigenvalue weighted by Crippen LogP contribution is -2.41. The van der Waals surface area contributed by atoms with Gasteiger partial charge in [-0.05, 0) is 56.9 Å². The molecule has 1 aliphatic carbocycles. The molecule has 0 bridgehead atoms. The van der Waals surface area contributed by atoms with Crippen molar-refractivity contribution >= 4 is 21.9 Å². The molecule has 1 heterocycles. The molecule has 1 amide bonds. The molecule has 2 fully saturated rings. The molecular formula is C24H28N2O5S. The molecule has 8 heteroatoms. The normalized spacial score (nSPS) is 20.3. The number of carbonyl (C=O) groups excluding carboxylic acids is 2. The number of amides is 1. The second-order valence-corrected chi connectivity index (χ2v) is 10.4. The van der Waals surface area contributed by atoms with Crippen molar-refractivity contribution < 1.29 is 22.7 Å². The number of carbonyl (C=O) groups is 2. The number of nitrogens with zero attached hydrogens (tertiary/aromatic N) is 1. The topological polar surface area (TPSA) is 92.8 Å². The van der Waals surface area contributed by atoms with Crippen molar-refractivity contribution in [2.75, 3.05) is 6.54 Å². The van der Waals surface area contributed by atoms with E-state index in [2.05, 4.69) is 5.32 Å². The van der Waals surface area contributed by atoms with Crippen molar-refractivity contribution in [1.29, 1.82) is 0 Å². The van der Waals surface area contributed by atoms with E-state index in [0.717, 1.165) is 32.1 Å². The molecule has 2 aromatic carbocycles. The van der Waals surface area contributed by atoms with Gasteiger partial charge < -0.3 is 10.1 Å². The molecule has 2 aromatic rings. The Balaban J connectivity index is 1.50. The number of esters is 1. The highest BCUT2D eigenvalue weighted by molar-refractivity contribution is 7.89. The minimum Gasteiger partial charge on any atom is -0.444 e. The van der Waals surface area contributed by atoms with Crippen LogP contribution in [0.1, 0.15) is 61.1 Å². The van der Waals surface area contributed by atoms with Gasteiger partial charge in [0.2, 0.25) is 16.1 Å². The first-order chi connectivity index (χ1) is 15.4. The molecule has 170 valence electrons. The first-order valence-corrected chi connectivity index (χ1v) is 12.5. The molecule has 4 rings (SSSR count). The van der Waals surface area contributed by atoms with Gasteiger partial charge in [0.25, 0.3) is 5.91 Å². The van der Waals surface area contributed by atoms with Crippen LogP contribution in [0.25, 0.3) is 0 Å². The monoisotopic (exact) mass is 456 g/mol. The van der Waals surface area contributed by atoms with E-state index in [1.54, 1.807) is 24.3 Å². The fourth-order valence-electron chi connectivity index (χ4n) is 3.91. The number of rotatable bonds is 7. The zero-order valence-electron chi connectivity index (χ0n) is 18.1. The van der Waals surface area contributed by atoms with Crippen molar-refractivity contribution in [2.24, 2.45) is 0 Å². The number of nitrogens with one attached hydrogen (secondary N) is 1. The van der Waals surface area contributed by atoms with Gasteiger partial charge in [-0.1, -0.05) is 36.8 Å². The fraction of sp³-hybridized carbons (Fsp3) is 0.417. The summed E-state index contributed by atoms with van der Waals surface area (Å²) in [5.74, 6) is -1.04. The Morgan fingerprint density at radius 3 is 2.31 bits per heavy atom. The van der Waals surface area contributed by atoms with E-state index in [0.29, 0.717) is 12.1 Å². The molecule has 0 radical (unpaired) electrons. The summed E-state index contributed by atoms with van der Waals surface area (Å²) in [6, 6.07) is 14.7. The summed E-state index contributed by atoms with van der Waals surface area (Å²) in [7, 11) is -3.62. The van der Waals surface area contributed by atoms with Crippen molar-refractivity contribution in [2.45, 2.75) is 62.1 Å². The van der Waals surface area contributed by atoms with E-state index < -0.39 is 22.1 Å². The molecule has 1 aliphatic heterocycles. The fourth-order valence-corrected chi connectivity index (χ4v) is 5.61.